The van der Waals surface area contributed by atoms with Crippen LogP contribution in [0.2, 0.25) is 0 Å². The number of β-lactam (4-membered cyclic amide) rings is 1. The van der Waals surface area contributed by atoms with Crippen LogP contribution in [0.5, 0.6) is 5.75 Å². The molecule has 4 atom stereocenters. The lowest BCUT2D eigenvalue weighted by Crippen LogP contribution is -2.55. The number of nitrogens with one attached hydrogen (secondary N) is 1. The Hall–Kier alpha value is -4.31. The molecule has 0 aliphatic carbocycles. The fraction of sp³-hybridized carbons (Fsp3) is 0.364. The summed E-state index contributed by atoms with van der Waals surface area (Å²) in [4.78, 5) is 39.3. The molecule has 0 saturated carbocycles. The number of aliphatic hydroxyl groups excluding tert-OH is 1. The number of ether oxygens (including phenoxy) is 2. The van der Waals surface area contributed by atoms with Gasteiger partial charge in [-0.2, -0.15) is 0 Å². The zero-order chi connectivity index (χ0) is 31.3. The molecule has 3 aromatic rings. The van der Waals surface area contributed by atoms with Gasteiger partial charge in [-0.15, -0.1) is 0 Å². The molecule has 0 aromatic heterocycles. The molecule has 2 amide bonds. The molecule has 43 heavy (non-hydrogen) atoms. The largest absolute Gasteiger partial charge is 0.484 e. The van der Waals surface area contributed by atoms with E-state index >= 15 is 0 Å². The van der Waals surface area contributed by atoms with Crippen LogP contribution in [0.3, 0.4) is 0 Å². The normalized spacial score (nSPS) is 17.9. The molecule has 4 unspecified atom stereocenters. The van der Waals surface area contributed by atoms with Crippen LogP contribution in [-0.2, 0) is 19.1 Å². The maximum atomic E-state index is 13.6. The molecule has 1 fully saturated rings. The van der Waals surface area contributed by atoms with Crippen molar-refractivity contribution in [3.05, 3.63) is 95.6 Å². The van der Waals surface area contributed by atoms with Gasteiger partial charge in [0.1, 0.15) is 29.0 Å². The van der Waals surface area contributed by atoms with Crippen LogP contribution in [-0.4, -0.2) is 41.1 Å². The highest BCUT2D eigenvalue weighted by molar-refractivity contribution is 6.03. The molecule has 10 heteroatoms. The molecule has 1 saturated heterocycles. The summed E-state index contributed by atoms with van der Waals surface area (Å²) in [6, 6.07) is 16.9. The van der Waals surface area contributed by atoms with E-state index in [1.807, 2.05) is 0 Å². The highest BCUT2D eigenvalue weighted by Gasteiger charge is 2.48. The summed E-state index contributed by atoms with van der Waals surface area (Å²) < 4.78 is 37.7. The van der Waals surface area contributed by atoms with E-state index in [0.29, 0.717) is 23.4 Å². The maximum absolute atomic E-state index is 13.6. The Morgan fingerprint density at radius 1 is 0.953 bits per heavy atom. The molecule has 1 heterocycles. The van der Waals surface area contributed by atoms with Crippen molar-refractivity contribution in [3.63, 3.8) is 0 Å². The third-order valence-electron chi connectivity index (χ3n) is 7.05. The first-order valence-electron chi connectivity index (χ1n) is 14.1. The molecule has 4 rings (SSSR count). The average Bonchev–Trinajstić information content (AvgIpc) is 2.95. The Balaban J connectivity index is 1.42. The van der Waals surface area contributed by atoms with Crippen molar-refractivity contribution in [3.8, 4) is 5.75 Å². The lowest BCUT2D eigenvalue weighted by Gasteiger charge is -2.48. The Labute approximate surface area is 249 Å². The topological polar surface area (TPSA) is 105 Å². The number of amides is 2. The summed E-state index contributed by atoms with van der Waals surface area (Å²) in [7, 11) is 0. The molecule has 228 valence electrons. The first-order chi connectivity index (χ1) is 20.3. The zero-order valence-corrected chi connectivity index (χ0v) is 24.6. The fourth-order valence-corrected chi connectivity index (χ4v) is 4.93. The van der Waals surface area contributed by atoms with Crippen molar-refractivity contribution >= 4 is 23.5 Å². The van der Waals surface area contributed by atoms with Crippen LogP contribution in [0, 0.1) is 17.6 Å². The van der Waals surface area contributed by atoms with E-state index in [2.05, 4.69) is 5.32 Å². The van der Waals surface area contributed by atoms with Gasteiger partial charge < -0.3 is 24.8 Å². The summed E-state index contributed by atoms with van der Waals surface area (Å²) in [6.07, 6.45) is -0.212. The summed E-state index contributed by atoms with van der Waals surface area (Å²) in [5.74, 6) is -2.06. The van der Waals surface area contributed by atoms with Gasteiger partial charge in [0.05, 0.1) is 18.1 Å². The molecule has 1 aliphatic heterocycles. The molecule has 0 radical (unpaired) electrons. The quantitative estimate of drug-likeness (QED) is 0.227. The van der Waals surface area contributed by atoms with Gasteiger partial charge in [0.25, 0.3) is 5.91 Å². The van der Waals surface area contributed by atoms with Gasteiger partial charge in [-0.1, -0.05) is 24.3 Å². The predicted molar refractivity (Wildman–Crippen MR) is 156 cm³/mol. The van der Waals surface area contributed by atoms with E-state index in [4.69, 9.17) is 9.47 Å². The maximum Gasteiger partial charge on any atom is 0.328 e. The van der Waals surface area contributed by atoms with Crippen molar-refractivity contribution in [1.82, 2.24) is 5.32 Å². The second-order valence-electron chi connectivity index (χ2n) is 11.6. The van der Waals surface area contributed by atoms with Crippen LogP contribution in [0.25, 0.3) is 0 Å². The Morgan fingerprint density at radius 3 is 2.12 bits per heavy atom. The highest BCUT2D eigenvalue weighted by atomic mass is 19.1. The average molecular weight is 595 g/mol. The standard InChI is InChI=1S/C33H36F2N2O6/c1-20(32(41)43-33(2,3)4)36-29(39)19-42-26-15-7-22(8-16-26)30-27(17-18-28(38)21-5-9-23(34)10-6-21)31(40)37(30)25-13-11-24(35)12-14-25/h5-16,20,27-28,30,38H,17-19H2,1-4H3,(H,36,39). The van der Waals surface area contributed by atoms with E-state index < -0.39 is 47.2 Å². The number of hydrogen-bond acceptors (Lipinski definition) is 6. The van der Waals surface area contributed by atoms with Crippen LogP contribution in [0.4, 0.5) is 14.5 Å². The molecule has 1 aliphatic rings. The minimum absolute atomic E-state index is 0.154. The minimum Gasteiger partial charge on any atom is -0.484 e. The number of rotatable bonds is 11. The van der Waals surface area contributed by atoms with E-state index in [1.54, 1.807) is 49.9 Å². The molecular weight excluding hydrogens is 558 g/mol. The number of nitrogens with zero attached hydrogens (tertiary/aromatic N) is 1. The van der Waals surface area contributed by atoms with E-state index in [-0.39, 0.29) is 25.0 Å². The fourth-order valence-electron chi connectivity index (χ4n) is 4.93. The number of carbonyl (C=O) groups excluding carboxylic acids is 3. The lowest BCUT2D eigenvalue weighted by atomic mass is 9.78. The minimum atomic E-state index is -0.867. The molecule has 8 nitrogen and oxygen atoms in total. The van der Waals surface area contributed by atoms with E-state index in [9.17, 15) is 28.3 Å². The van der Waals surface area contributed by atoms with Crippen LogP contribution in [0.15, 0.2) is 72.8 Å². The molecule has 3 aromatic carbocycles. The number of hydrogen-bond donors (Lipinski definition) is 2. The summed E-state index contributed by atoms with van der Waals surface area (Å²) >= 11 is 0. The summed E-state index contributed by atoms with van der Waals surface area (Å²) in [5, 5.41) is 13.2. The van der Waals surface area contributed by atoms with Gasteiger partial charge in [0.15, 0.2) is 6.61 Å². The second kappa shape index (κ2) is 13.3. The van der Waals surface area contributed by atoms with Gasteiger partial charge in [-0.25, -0.2) is 13.6 Å². The third kappa shape index (κ3) is 8.16. The first-order valence-corrected chi connectivity index (χ1v) is 14.1. The molecule has 2 N–H and O–H groups in total. The monoisotopic (exact) mass is 594 g/mol. The number of halogens is 2. The molecular formula is C33H36F2N2O6. The highest BCUT2D eigenvalue weighted by Crippen LogP contribution is 2.46. The Kier molecular flexibility index (Phi) is 9.80. The molecule has 0 spiro atoms. The van der Waals surface area contributed by atoms with Gasteiger partial charge in [-0.05, 0) is 100 Å². The Morgan fingerprint density at radius 2 is 1.53 bits per heavy atom. The number of carbonyl (C=O) groups is 3. The van der Waals surface area contributed by atoms with Gasteiger partial charge in [0.2, 0.25) is 5.91 Å². The predicted octanol–water partition coefficient (Wildman–Crippen LogP) is 5.41. The van der Waals surface area contributed by atoms with Crippen LogP contribution >= 0.6 is 0 Å². The van der Waals surface area contributed by atoms with Crippen LogP contribution < -0.4 is 15.0 Å². The van der Waals surface area contributed by atoms with Crippen molar-refractivity contribution in [1.29, 1.82) is 0 Å². The van der Waals surface area contributed by atoms with Crippen molar-refractivity contribution in [2.75, 3.05) is 11.5 Å². The number of anilines is 1. The summed E-state index contributed by atoms with van der Waals surface area (Å²) in [5.41, 5.74) is 1.22. The smallest absolute Gasteiger partial charge is 0.328 e. The zero-order valence-electron chi connectivity index (χ0n) is 24.6. The number of esters is 1. The van der Waals surface area contributed by atoms with Crippen molar-refractivity contribution in [2.24, 2.45) is 5.92 Å². The lowest BCUT2D eigenvalue weighted by molar-refractivity contribution is -0.158. The van der Waals surface area contributed by atoms with Crippen LogP contribution in [0.1, 0.15) is 63.8 Å². The molecule has 0 bridgehead atoms. The van der Waals surface area contributed by atoms with E-state index in [1.165, 1.54) is 55.5 Å². The second-order valence-corrected chi connectivity index (χ2v) is 11.6. The number of benzene rings is 3. The third-order valence-corrected chi connectivity index (χ3v) is 7.05. The first kappa shape index (κ1) is 31.6. The van der Waals surface area contributed by atoms with E-state index in [0.717, 1.165) is 5.56 Å². The van der Waals surface area contributed by atoms with Crippen molar-refractivity contribution < 1.29 is 37.7 Å². The van der Waals surface area contributed by atoms with Gasteiger partial charge in [0, 0.05) is 5.69 Å². The van der Waals surface area contributed by atoms with Crippen molar-refractivity contribution in [2.45, 2.75) is 64.3 Å². The van der Waals surface area contributed by atoms with Gasteiger partial charge in [-0.3, -0.25) is 9.59 Å². The SMILES string of the molecule is CC(NC(=O)COc1ccc(C2C(CCC(O)c3ccc(F)cc3)C(=O)N2c2ccc(F)cc2)cc1)C(=O)OC(C)(C)C. The number of aliphatic hydroxyl groups is 1. The summed E-state index contributed by atoms with van der Waals surface area (Å²) in [6.45, 7) is 6.43. The van der Waals surface area contributed by atoms with Gasteiger partial charge >= 0.3 is 5.97 Å². The Bertz CT molecular complexity index is 1420.